The van der Waals surface area contributed by atoms with Crippen molar-refractivity contribution in [3.63, 3.8) is 0 Å². The second-order valence-corrected chi connectivity index (χ2v) is 5.08. The predicted octanol–water partition coefficient (Wildman–Crippen LogP) is 2.65. The summed E-state index contributed by atoms with van der Waals surface area (Å²) in [6, 6.07) is 8.64. The third-order valence-electron chi connectivity index (χ3n) is 4.04. The molecule has 0 unspecified atom stereocenters. The Labute approximate surface area is 108 Å². The molecule has 0 radical (unpaired) electrons. The second kappa shape index (κ2) is 4.65. The van der Waals surface area contributed by atoms with Crippen molar-refractivity contribution < 1.29 is 4.74 Å². The van der Waals surface area contributed by atoms with E-state index in [4.69, 9.17) is 4.74 Å². The third kappa shape index (κ3) is 1.89. The number of ether oxygens (including phenoxy) is 1. The van der Waals surface area contributed by atoms with Gasteiger partial charge in [0.25, 0.3) is 0 Å². The number of hydrogen-bond acceptors (Lipinski definition) is 2. The maximum absolute atomic E-state index is 5.30. The van der Waals surface area contributed by atoms with Crippen LogP contribution in [0.2, 0.25) is 0 Å². The number of piperidine rings is 1. The molecule has 1 N–H and O–H groups in total. The maximum atomic E-state index is 5.30. The fourth-order valence-electron chi connectivity index (χ4n) is 2.99. The average molecular weight is 244 g/mol. The van der Waals surface area contributed by atoms with Crippen LogP contribution in [0.3, 0.4) is 0 Å². The van der Waals surface area contributed by atoms with Crippen LogP contribution in [0.4, 0.5) is 0 Å². The minimum atomic E-state index is 0.689. The van der Waals surface area contributed by atoms with Crippen molar-refractivity contribution in [2.45, 2.75) is 18.8 Å². The molecular weight excluding hydrogens is 224 g/mol. The van der Waals surface area contributed by atoms with Crippen LogP contribution in [0, 0.1) is 0 Å². The molecule has 0 atom stereocenters. The molecule has 3 heteroatoms. The molecule has 0 bridgehead atoms. The van der Waals surface area contributed by atoms with Gasteiger partial charge in [-0.15, -0.1) is 0 Å². The number of methoxy groups -OCH3 is 1. The maximum Gasteiger partial charge on any atom is 0.119 e. The van der Waals surface area contributed by atoms with Crippen LogP contribution >= 0.6 is 0 Å². The van der Waals surface area contributed by atoms with Crippen molar-refractivity contribution in [2.75, 3.05) is 20.2 Å². The highest BCUT2D eigenvalue weighted by Gasteiger charge is 2.19. The van der Waals surface area contributed by atoms with Gasteiger partial charge in [-0.05, 0) is 50.2 Å². The number of hydrogen-bond donors (Lipinski definition) is 1. The van der Waals surface area contributed by atoms with Crippen molar-refractivity contribution in [1.82, 2.24) is 9.88 Å². The van der Waals surface area contributed by atoms with E-state index in [1.807, 2.05) is 6.07 Å². The van der Waals surface area contributed by atoms with Crippen LogP contribution < -0.4 is 10.1 Å². The molecule has 2 aromatic rings. The molecule has 1 aliphatic heterocycles. The first-order chi connectivity index (χ1) is 8.79. The highest BCUT2D eigenvalue weighted by Crippen LogP contribution is 2.31. The second-order valence-electron chi connectivity index (χ2n) is 5.08. The van der Waals surface area contributed by atoms with Gasteiger partial charge >= 0.3 is 0 Å². The summed E-state index contributed by atoms with van der Waals surface area (Å²) in [6.07, 6.45) is 2.47. The van der Waals surface area contributed by atoms with Crippen LogP contribution in [0.15, 0.2) is 24.3 Å². The largest absolute Gasteiger partial charge is 0.497 e. The summed E-state index contributed by atoms with van der Waals surface area (Å²) < 4.78 is 7.64. The summed E-state index contributed by atoms with van der Waals surface area (Å²) in [6.45, 7) is 2.27. The van der Waals surface area contributed by atoms with Crippen LogP contribution in [-0.2, 0) is 7.05 Å². The van der Waals surface area contributed by atoms with Gasteiger partial charge in [-0.3, -0.25) is 0 Å². The first kappa shape index (κ1) is 11.6. The molecule has 1 aliphatic rings. The highest BCUT2D eigenvalue weighted by atomic mass is 16.5. The number of aromatic nitrogens is 1. The Balaban J connectivity index is 2.04. The molecule has 3 rings (SSSR count). The van der Waals surface area contributed by atoms with Crippen LogP contribution in [0.5, 0.6) is 5.75 Å². The molecule has 0 spiro atoms. The molecule has 0 saturated carbocycles. The Bertz CT molecular complexity index is 553. The van der Waals surface area contributed by atoms with E-state index in [0.29, 0.717) is 5.92 Å². The fourth-order valence-corrected chi connectivity index (χ4v) is 2.99. The van der Waals surface area contributed by atoms with Gasteiger partial charge in [0.2, 0.25) is 0 Å². The zero-order valence-electron chi connectivity index (χ0n) is 11.1. The van der Waals surface area contributed by atoms with Gasteiger partial charge in [0.1, 0.15) is 5.75 Å². The van der Waals surface area contributed by atoms with Gasteiger partial charge in [0.15, 0.2) is 0 Å². The lowest BCUT2D eigenvalue weighted by Crippen LogP contribution is -2.27. The normalized spacial score (nSPS) is 17.2. The van der Waals surface area contributed by atoms with E-state index in [0.717, 1.165) is 18.8 Å². The van der Waals surface area contributed by atoms with Gasteiger partial charge in [0.05, 0.1) is 7.11 Å². The van der Waals surface area contributed by atoms with Crippen molar-refractivity contribution in [2.24, 2.45) is 7.05 Å². The lowest BCUT2D eigenvalue weighted by atomic mass is 9.94. The minimum Gasteiger partial charge on any atom is -0.497 e. The Morgan fingerprint density at radius 2 is 2.00 bits per heavy atom. The molecule has 3 nitrogen and oxygen atoms in total. The van der Waals surface area contributed by atoms with E-state index in [2.05, 4.69) is 35.1 Å². The first-order valence-electron chi connectivity index (χ1n) is 6.63. The zero-order valence-corrected chi connectivity index (χ0v) is 11.1. The molecule has 1 saturated heterocycles. The average Bonchev–Trinajstić information content (AvgIpc) is 2.76. The molecular formula is C15H20N2O. The molecule has 2 heterocycles. The molecule has 18 heavy (non-hydrogen) atoms. The van der Waals surface area contributed by atoms with E-state index in [-0.39, 0.29) is 0 Å². The summed E-state index contributed by atoms with van der Waals surface area (Å²) in [7, 11) is 3.89. The summed E-state index contributed by atoms with van der Waals surface area (Å²) in [4.78, 5) is 0. The molecule has 1 aromatic heterocycles. The Hall–Kier alpha value is -1.48. The van der Waals surface area contributed by atoms with Gasteiger partial charge < -0.3 is 14.6 Å². The van der Waals surface area contributed by atoms with Crippen molar-refractivity contribution in [3.8, 4) is 5.75 Å². The van der Waals surface area contributed by atoms with Crippen LogP contribution in [0.1, 0.15) is 24.5 Å². The lowest BCUT2D eigenvalue weighted by Gasteiger charge is -2.23. The molecule has 0 aliphatic carbocycles. The monoisotopic (exact) mass is 244 g/mol. The van der Waals surface area contributed by atoms with Crippen LogP contribution in [0.25, 0.3) is 10.9 Å². The number of benzene rings is 1. The quantitative estimate of drug-likeness (QED) is 0.879. The van der Waals surface area contributed by atoms with E-state index in [1.54, 1.807) is 7.11 Å². The summed E-state index contributed by atoms with van der Waals surface area (Å²) in [5.74, 6) is 1.62. The van der Waals surface area contributed by atoms with Gasteiger partial charge in [-0.1, -0.05) is 0 Å². The van der Waals surface area contributed by atoms with E-state index in [9.17, 15) is 0 Å². The molecule has 96 valence electrons. The summed E-state index contributed by atoms with van der Waals surface area (Å²) in [5.41, 5.74) is 2.75. The Morgan fingerprint density at radius 1 is 1.22 bits per heavy atom. The summed E-state index contributed by atoms with van der Waals surface area (Å²) >= 11 is 0. The number of aryl methyl sites for hydroxylation is 1. The van der Waals surface area contributed by atoms with Gasteiger partial charge in [0, 0.05) is 29.6 Å². The van der Waals surface area contributed by atoms with E-state index >= 15 is 0 Å². The number of fused-ring (bicyclic) bond motifs is 1. The van der Waals surface area contributed by atoms with Gasteiger partial charge in [-0.25, -0.2) is 0 Å². The SMILES string of the molecule is COc1ccc2c(c1)cc(C1CCNCC1)n2C. The summed E-state index contributed by atoms with van der Waals surface area (Å²) in [5, 5.41) is 4.71. The van der Waals surface area contributed by atoms with Crippen molar-refractivity contribution in [3.05, 3.63) is 30.0 Å². The molecule has 1 fully saturated rings. The number of nitrogens with one attached hydrogen (secondary N) is 1. The van der Waals surface area contributed by atoms with Crippen molar-refractivity contribution >= 4 is 10.9 Å². The smallest absolute Gasteiger partial charge is 0.119 e. The lowest BCUT2D eigenvalue weighted by molar-refractivity contribution is 0.415. The number of nitrogens with zero attached hydrogens (tertiary/aromatic N) is 1. The third-order valence-corrected chi connectivity index (χ3v) is 4.04. The Kier molecular flexibility index (Phi) is 3.00. The van der Waals surface area contributed by atoms with Crippen molar-refractivity contribution in [1.29, 1.82) is 0 Å². The minimum absolute atomic E-state index is 0.689. The fraction of sp³-hybridized carbons (Fsp3) is 0.467. The molecule has 1 aromatic carbocycles. The van der Waals surface area contributed by atoms with Gasteiger partial charge in [-0.2, -0.15) is 0 Å². The standard InChI is InChI=1S/C15H20N2O/c1-17-14-4-3-13(18-2)9-12(14)10-15(17)11-5-7-16-8-6-11/h3-4,9-11,16H,5-8H2,1-2H3. The highest BCUT2D eigenvalue weighted by molar-refractivity contribution is 5.83. The molecule has 0 amide bonds. The Morgan fingerprint density at radius 3 is 2.72 bits per heavy atom. The van der Waals surface area contributed by atoms with Crippen LogP contribution in [-0.4, -0.2) is 24.8 Å². The predicted molar refractivity (Wildman–Crippen MR) is 74.3 cm³/mol. The zero-order chi connectivity index (χ0) is 12.5. The van der Waals surface area contributed by atoms with E-state index in [1.165, 1.54) is 29.4 Å². The number of rotatable bonds is 2. The topological polar surface area (TPSA) is 26.2 Å². The first-order valence-corrected chi connectivity index (χ1v) is 6.63. The van der Waals surface area contributed by atoms with E-state index < -0.39 is 0 Å².